The van der Waals surface area contributed by atoms with Crippen LogP contribution in [0.5, 0.6) is 0 Å². The van der Waals surface area contributed by atoms with Crippen LogP contribution in [0.25, 0.3) is 0 Å². The Kier molecular flexibility index (Phi) is 4.58. The molecule has 0 heterocycles. The first-order valence-corrected chi connectivity index (χ1v) is 11.2. The molecule has 0 amide bonds. The fraction of sp³-hybridized carbons (Fsp3) is 0.842. The number of ether oxygens (including phenoxy) is 1. The third-order valence-corrected chi connectivity index (χ3v) is 8.21. The van der Waals surface area contributed by atoms with Crippen LogP contribution in [0.15, 0.2) is 11.1 Å². The largest absolute Gasteiger partial charge is 0.381 e. The Morgan fingerprint density at radius 1 is 1.19 bits per heavy atom. The van der Waals surface area contributed by atoms with Gasteiger partial charge in [-0.2, -0.15) is 8.42 Å². The Balaban J connectivity index is 1.69. The SMILES string of the molecule is COC1CCC2C3=C(CCC2C1)C1(CC3)[C@@H](OS(N)(=O)=O)CC(=O)[C@@H]1C. The van der Waals surface area contributed by atoms with E-state index in [9.17, 15) is 13.2 Å². The van der Waals surface area contributed by atoms with Crippen LogP contribution in [-0.4, -0.2) is 33.5 Å². The molecule has 2 saturated carbocycles. The van der Waals surface area contributed by atoms with Gasteiger partial charge in [0.15, 0.2) is 0 Å². The number of ketones is 1. The molecule has 26 heavy (non-hydrogen) atoms. The molecule has 0 radical (unpaired) electrons. The minimum atomic E-state index is -4.08. The number of hydrogen-bond donors (Lipinski definition) is 1. The number of Topliss-reactive ketones (excluding diaryl/α,β-unsaturated/α-hetero) is 1. The van der Waals surface area contributed by atoms with Gasteiger partial charge < -0.3 is 4.74 Å². The maximum Gasteiger partial charge on any atom is 0.333 e. The summed E-state index contributed by atoms with van der Waals surface area (Å²) < 4.78 is 34.1. The average molecular weight is 384 g/mol. The Hall–Kier alpha value is -0.760. The molecule has 2 N–H and O–H groups in total. The van der Waals surface area contributed by atoms with Gasteiger partial charge in [0, 0.05) is 24.9 Å². The fourth-order valence-electron chi connectivity index (χ4n) is 6.51. The van der Waals surface area contributed by atoms with Gasteiger partial charge in [0.1, 0.15) is 5.78 Å². The molecular formula is C19H29NO5S. The molecule has 4 unspecified atom stereocenters. The summed E-state index contributed by atoms with van der Waals surface area (Å²) in [5, 5.41) is 5.17. The summed E-state index contributed by atoms with van der Waals surface area (Å²) in [5.41, 5.74) is 2.34. The molecule has 4 aliphatic carbocycles. The zero-order chi connectivity index (χ0) is 18.7. The highest BCUT2D eigenvalue weighted by atomic mass is 32.2. The summed E-state index contributed by atoms with van der Waals surface area (Å²) in [5.74, 6) is 1.10. The smallest absolute Gasteiger partial charge is 0.333 e. The molecule has 1 spiro atoms. The van der Waals surface area contributed by atoms with E-state index in [-0.39, 0.29) is 18.1 Å². The van der Waals surface area contributed by atoms with E-state index < -0.39 is 21.8 Å². The summed E-state index contributed by atoms with van der Waals surface area (Å²) in [4.78, 5) is 12.5. The summed E-state index contributed by atoms with van der Waals surface area (Å²) >= 11 is 0. The summed E-state index contributed by atoms with van der Waals surface area (Å²) in [7, 11) is -2.29. The van der Waals surface area contributed by atoms with E-state index in [0.717, 1.165) is 44.9 Å². The van der Waals surface area contributed by atoms with Gasteiger partial charge in [0.25, 0.3) is 0 Å². The van der Waals surface area contributed by atoms with Crippen molar-refractivity contribution in [2.75, 3.05) is 7.11 Å². The first-order chi connectivity index (χ1) is 12.3. The zero-order valence-electron chi connectivity index (χ0n) is 15.6. The van der Waals surface area contributed by atoms with Crippen molar-refractivity contribution in [2.45, 2.75) is 70.5 Å². The van der Waals surface area contributed by atoms with E-state index in [0.29, 0.717) is 17.9 Å². The number of hydrogen-bond acceptors (Lipinski definition) is 5. The van der Waals surface area contributed by atoms with Crippen molar-refractivity contribution in [3.05, 3.63) is 11.1 Å². The van der Waals surface area contributed by atoms with Gasteiger partial charge in [0.2, 0.25) is 0 Å². The number of fused-ring (bicyclic) bond motifs is 3. The van der Waals surface area contributed by atoms with E-state index in [1.54, 1.807) is 7.11 Å². The van der Waals surface area contributed by atoms with Crippen molar-refractivity contribution >= 4 is 16.1 Å². The van der Waals surface area contributed by atoms with Crippen LogP contribution in [0.2, 0.25) is 0 Å². The minimum absolute atomic E-state index is 0.0950. The van der Waals surface area contributed by atoms with Crippen molar-refractivity contribution in [3.63, 3.8) is 0 Å². The van der Waals surface area contributed by atoms with Gasteiger partial charge >= 0.3 is 10.3 Å². The van der Waals surface area contributed by atoms with E-state index >= 15 is 0 Å². The number of methoxy groups -OCH3 is 1. The lowest BCUT2D eigenvalue weighted by Gasteiger charge is -2.43. The second-order valence-electron chi connectivity index (χ2n) is 8.59. The lowest BCUT2D eigenvalue weighted by Crippen LogP contribution is -2.41. The third-order valence-electron chi connectivity index (χ3n) is 7.70. The zero-order valence-corrected chi connectivity index (χ0v) is 16.4. The Morgan fingerprint density at radius 3 is 2.65 bits per heavy atom. The molecule has 4 aliphatic rings. The van der Waals surface area contributed by atoms with Crippen molar-refractivity contribution in [1.82, 2.24) is 0 Å². The predicted octanol–water partition coefficient (Wildman–Crippen LogP) is 2.49. The number of rotatable bonds is 3. The van der Waals surface area contributed by atoms with Crippen LogP contribution in [0.3, 0.4) is 0 Å². The van der Waals surface area contributed by atoms with Crippen molar-refractivity contribution in [3.8, 4) is 0 Å². The maximum absolute atomic E-state index is 12.5. The first-order valence-electron chi connectivity index (χ1n) is 9.75. The van der Waals surface area contributed by atoms with Gasteiger partial charge in [-0.1, -0.05) is 18.1 Å². The van der Waals surface area contributed by atoms with Gasteiger partial charge in [-0.25, -0.2) is 5.14 Å². The van der Waals surface area contributed by atoms with Crippen molar-refractivity contribution in [1.29, 1.82) is 0 Å². The Labute approximate surface area is 155 Å². The van der Waals surface area contributed by atoms with E-state index in [1.807, 2.05) is 6.92 Å². The van der Waals surface area contributed by atoms with E-state index in [1.165, 1.54) is 11.1 Å². The summed E-state index contributed by atoms with van der Waals surface area (Å²) in [6.07, 6.45) is 6.97. The minimum Gasteiger partial charge on any atom is -0.381 e. The highest BCUT2D eigenvalue weighted by Gasteiger charge is 2.60. The molecule has 4 rings (SSSR count). The van der Waals surface area contributed by atoms with Crippen molar-refractivity contribution < 1.29 is 22.1 Å². The normalized spacial score (nSPS) is 43.0. The van der Waals surface area contributed by atoms with Gasteiger partial charge in [-0.3, -0.25) is 8.98 Å². The van der Waals surface area contributed by atoms with Crippen LogP contribution >= 0.6 is 0 Å². The predicted molar refractivity (Wildman–Crippen MR) is 96.3 cm³/mol. The molecule has 146 valence electrons. The van der Waals surface area contributed by atoms with Crippen LogP contribution < -0.4 is 5.14 Å². The summed E-state index contributed by atoms with van der Waals surface area (Å²) in [6.45, 7) is 1.94. The van der Waals surface area contributed by atoms with Crippen LogP contribution in [0.1, 0.15) is 58.3 Å². The van der Waals surface area contributed by atoms with Gasteiger partial charge in [-0.05, 0) is 56.8 Å². The molecule has 0 aromatic rings. The second kappa shape index (κ2) is 6.40. The lowest BCUT2D eigenvalue weighted by molar-refractivity contribution is -0.121. The van der Waals surface area contributed by atoms with E-state index in [2.05, 4.69) is 0 Å². The second-order valence-corrected chi connectivity index (χ2v) is 9.77. The first kappa shape index (κ1) is 18.6. The quantitative estimate of drug-likeness (QED) is 0.756. The molecule has 0 saturated heterocycles. The maximum atomic E-state index is 12.5. The molecule has 0 bridgehead atoms. The third kappa shape index (κ3) is 2.79. The van der Waals surface area contributed by atoms with Crippen LogP contribution in [0.4, 0.5) is 0 Å². The number of carbonyl (C=O) groups is 1. The van der Waals surface area contributed by atoms with Crippen LogP contribution in [-0.2, 0) is 24.0 Å². The monoisotopic (exact) mass is 383 g/mol. The number of allylic oxidation sites excluding steroid dienone is 1. The molecule has 6 atom stereocenters. The summed E-state index contributed by atoms with van der Waals surface area (Å²) in [6, 6.07) is 0. The number of nitrogens with two attached hydrogens (primary N) is 1. The molecule has 7 heteroatoms. The van der Waals surface area contributed by atoms with Crippen molar-refractivity contribution in [2.24, 2.45) is 28.3 Å². The standard InChI is InChI=1S/C19H29NO5S/c1-11-17(21)10-18(25-26(20,22)23)19(11)8-7-15-14-5-4-13(24-2)9-12(14)3-6-16(15)19/h11-14,18H,3-10H2,1-2H3,(H2,20,22,23)/t11-,12?,13?,14?,18-,19?/m0/s1. The molecule has 0 aromatic heterocycles. The van der Waals surface area contributed by atoms with Crippen LogP contribution in [0, 0.1) is 23.2 Å². The molecule has 2 fully saturated rings. The molecule has 0 aromatic carbocycles. The topological polar surface area (TPSA) is 95.7 Å². The van der Waals surface area contributed by atoms with Gasteiger partial charge in [-0.15, -0.1) is 0 Å². The Bertz CT molecular complexity index is 745. The lowest BCUT2D eigenvalue weighted by atomic mass is 9.63. The fourth-order valence-corrected chi connectivity index (χ4v) is 7.07. The number of carbonyl (C=O) groups excluding carboxylic acids is 1. The molecule has 6 nitrogen and oxygen atoms in total. The molecule has 0 aliphatic heterocycles. The highest BCUT2D eigenvalue weighted by Crippen LogP contribution is 2.63. The Morgan fingerprint density at radius 2 is 1.96 bits per heavy atom. The van der Waals surface area contributed by atoms with Gasteiger partial charge in [0.05, 0.1) is 12.2 Å². The highest BCUT2D eigenvalue weighted by molar-refractivity contribution is 7.84. The molecular weight excluding hydrogens is 354 g/mol. The average Bonchev–Trinajstić information content (AvgIpc) is 3.08. The van der Waals surface area contributed by atoms with E-state index in [4.69, 9.17) is 14.1 Å².